The molecule has 1 heterocycles. The van der Waals surface area contributed by atoms with E-state index in [4.69, 9.17) is 0 Å². The average molecular weight is 235 g/mol. The number of nitrogens with zero attached hydrogens (tertiary/aromatic N) is 2. The molecule has 3 atom stereocenters. The lowest BCUT2D eigenvalue weighted by Gasteiger charge is -2.21. The molecule has 1 aromatic heterocycles. The van der Waals surface area contributed by atoms with Crippen LogP contribution >= 0.6 is 0 Å². The molecule has 1 aliphatic rings. The third-order valence-electron chi connectivity index (χ3n) is 3.99. The topological polar surface area (TPSA) is 29.9 Å². The Hall–Kier alpha value is -0.830. The Morgan fingerprint density at radius 2 is 2.18 bits per heavy atom. The van der Waals surface area contributed by atoms with E-state index in [2.05, 4.69) is 35.8 Å². The van der Waals surface area contributed by atoms with Crippen molar-refractivity contribution < 1.29 is 0 Å². The average Bonchev–Trinajstić information content (AvgIpc) is 2.61. The first-order chi connectivity index (χ1) is 8.16. The van der Waals surface area contributed by atoms with E-state index in [-0.39, 0.29) is 0 Å². The van der Waals surface area contributed by atoms with Crippen LogP contribution in [0.4, 0.5) is 0 Å². The predicted molar refractivity (Wildman–Crippen MR) is 70.8 cm³/mol. The van der Waals surface area contributed by atoms with Gasteiger partial charge >= 0.3 is 0 Å². The Labute approximate surface area is 105 Å². The highest BCUT2D eigenvalue weighted by atomic mass is 15.1. The number of nitrogens with one attached hydrogen (secondary N) is 1. The monoisotopic (exact) mass is 235 g/mol. The first-order valence-electron chi connectivity index (χ1n) is 6.90. The van der Waals surface area contributed by atoms with Crippen LogP contribution in [-0.4, -0.2) is 15.6 Å². The maximum absolute atomic E-state index is 4.42. The van der Waals surface area contributed by atoms with Gasteiger partial charge in [0.2, 0.25) is 0 Å². The minimum atomic E-state index is 0.355. The normalized spacial score (nSPS) is 27.7. The van der Waals surface area contributed by atoms with Gasteiger partial charge in [0.05, 0.1) is 6.04 Å². The summed E-state index contributed by atoms with van der Waals surface area (Å²) in [6.07, 6.45) is 10.7. The van der Waals surface area contributed by atoms with Crippen LogP contribution in [0, 0.1) is 5.92 Å². The summed E-state index contributed by atoms with van der Waals surface area (Å²) in [4.78, 5) is 4.42. The summed E-state index contributed by atoms with van der Waals surface area (Å²) in [7, 11) is 2.07. The standard InChI is InChI=1S/C14H25N3/c1-11-5-4-6-13(8-7-11)16-12(2)14-15-9-10-17(14)3/h9-13,16H,4-8H2,1-3H3. The molecule has 1 aromatic rings. The van der Waals surface area contributed by atoms with Crippen molar-refractivity contribution in [3.63, 3.8) is 0 Å². The molecule has 2 rings (SSSR count). The quantitative estimate of drug-likeness (QED) is 0.816. The van der Waals surface area contributed by atoms with Gasteiger partial charge in [-0.2, -0.15) is 0 Å². The molecule has 0 saturated heterocycles. The smallest absolute Gasteiger partial charge is 0.125 e. The van der Waals surface area contributed by atoms with Gasteiger partial charge in [-0.15, -0.1) is 0 Å². The molecule has 0 bridgehead atoms. The van der Waals surface area contributed by atoms with Crippen LogP contribution in [0.25, 0.3) is 0 Å². The van der Waals surface area contributed by atoms with Crippen molar-refractivity contribution >= 4 is 0 Å². The molecule has 1 aliphatic carbocycles. The molecule has 1 saturated carbocycles. The largest absolute Gasteiger partial charge is 0.337 e. The molecule has 0 aromatic carbocycles. The lowest BCUT2D eigenvalue weighted by atomic mass is 10.0. The highest BCUT2D eigenvalue weighted by Crippen LogP contribution is 2.24. The number of imidazole rings is 1. The summed E-state index contributed by atoms with van der Waals surface area (Å²) in [6.45, 7) is 4.60. The zero-order chi connectivity index (χ0) is 12.3. The minimum absolute atomic E-state index is 0.355. The van der Waals surface area contributed by atoms with Crippen molar-refractivity contribution in [3.05, 3.63) is 18.2 Å². The lowest BCUT2D eigenvalue weighted by Crippen LogP contribution is -2.32. The summed E-state index contributed by atoms with van der Waals surface area (Å²) in [5.41, 5.74) is 0. The van der Waals surface area contributed by atoms with Crippen molar-refractivity contribution in [2.75, 3.05) is 0 Å². The van der Waals surface area contributed by atoms with Gasteiger partial charge in [0.1, 0.15) is 5.82 Å². The lowest BCUT2D eigenvalue weighted by molar-refractivity contribution is 0.395. The van der Waals surface area contributed by atoms with Crippen LogP contribution in [0.3, 0.4) is 0 Å². The summed E-state index contributed by atoms with van der Waals surface area (Å²) < 4.78 is 2.11. The van der Waals surface area contributed by atoms with E-state index in [1.54, 1.807) is 0 Å². The highest BCUT2D eigenvalue weighted by molar-refractivity contribution is 4.97. The number of hydrogen-bond acceptors (Lipinski definition) is 2. The first-order valence-corrected chi connectivity index (χ1v) is 6.90. The molecule has 17 heavy (non-hydrogen) atoms. The van der Waals surface area contributed by atoms with Crippen molar-refractivity contribution in [1.29, 1.82) is 0 Å². The fourth-order valence-corrected chi connectivity index (χ4v) is 2.88. The molecule has 3 heteroatoms. The molecule has 1 N–H and O–H groups in total. The Bertz CT molecular complexity index is 345. The Kier molecular flexibility index (Phi) is 4.21. The molecule has 0 radical (unpaired) electrons. The van der Waals surface area contributed by atoms with Crippen molar-refractivity contribution in [2.24, 2.45) is 13.0 Å². The van der Waals surface area contributed by atoms with Gasteiger partial charge in [0, 0.05) is 25.5 Å². The van der Waals surface area contributed by atoms with Gasteiger partial charge in [-0.3, -0.25) is 0 Å². The Balaban J connectivity index is 1.90. The van der Waals surface area contributed by atoms with Crippen LogP contribution in [-0.2, 0) is 7.05 Å². The molecule has 1 fully saturated rings. The van der Waals surface area contributed by atoms with E-state index >= 15 is 0 Å². The van der Waals surface area contributed by atoms with E-state index in [9.17, 15) is 0 Å². The van der Waals surface area contributed by atoms with Crippen LogP contribution in [0.15, 0.2) is 12.4 Å². The summed E-state index contributed by atoms with van der Waals surface area (Å²) in [6, 6.07) is 1.03. The van der Waals surface area contributed by atoms with Crippen LogP contribution in [0.5, 0.6) is 0 Å². The van der Waals surface area contributed by atoms with Crippen LogP contribution in [0.1, 0.15) is 57.8 Å². The van der Waals surface area contributed by atoms with Gasteiger partial charge in [-0.25, -0.2) is 4.98 Å². The van der Waals surface area contributed by atoms with Gasteiger partial charge in [-0.05, 0) is 32.1 Å². The number of hydrogen-bond donors (Lipinski definition) is 1. The molecule has 0 amide bonds. The Morgan fingerprint density at radius 1 is 1.35 bits per heavy atom. The molecule has 3 unspecified atom stereocenters. The van der Waals surface area contributed by atoms with Gasteiger partial charge in [0.15, 0.2) is 0 Å². The third kappa shape index (κ3) is 3.32. The summed E-state index contributed by atoms with van der Waals surface area (Å²) in [5, 5.41) is 3.74. The zero-order valence-corrected chi connectivity index (χ0v) is 11.3. The molecular formula is C14H25N3. The van der Waals surface area contributed by atoms with Gasteiger partial charge < -0.3 is 9.88 Å². The fourth-order valence-electron chi connectivity index (χ4n) is 2.88. The first kappa shape index (κ1) is 12.6. The number of aromatic nitrogens is 2. The van der Waals surface area contributed by atoms with Crippen LogP contribution in [0.2, 0.25) is 0 Å². The third-order valence-corrected chi connectivity index (χ3v) is 3.99. The Morgan fingerprint density at radius 3 is 2.88 bits per heavy atom. The van der Waals surface area contributed by atoms with E-state index in [1.807, 2.05) is 12.4 Å². The van der Waals surface area contributed by atoms with Crippen molar-refractivity contribution in [1.82, 2.24) is 14.9 Å². The van der Waals surface area contributed by atoms with Crippen molar-refractivity contribution in [3.8, 4) is 0 Å². The van der Waals surface area contributed by atoms with E-state index < -0.39 is 0 Å². The second-order valence-corrected chi connectivity index (χ2v) is 5.60. The summed E-state index contributed by atoms with van der Waals surface area (Å²) >= 11 is 0. The molecule has 96 valence electrons. The zero-order valence-electron chi connectivity index (χ0n) is 11.3. The maximum Gasteiger partial charge on any atom is 0.125 e. The second-order valence-electron chi connectivity index (χ2n) is 5.60. The maximum atomic E-state index is 4.42. The SMILES string of the molecule is CC1CCCC(NC(C)c2nccn2C)CC1. The van der Waals surface area contributed by atoms with Crippen molar-refractivity contribution in [2.45, 2.75) is 58.0 Å². The molecule has 0 aliphatic heterocycles. The molecule has 3 nitrogen and oxygen atoms in total. The van der Waals surface area contributed by atoms with E-state index in [0.717, 1.165) is 11.7 Å². The van der Waals surface area contributed by atoms with E-state index in [1.165, 1.54) is 32.1 Å². The van der Waals surface area contributed by atoms with Gasteiger partial charge in [0.25, 0.3) is 0 Å². The van der Waals surface area contributed by atoms with Gasteiger partial charge in [-0.1, -0.05) is 19.8 Å². The fraction of sp³-hybridized carbons (Fsp3) is 0.786. The molecular weight excluding hydrogens is 210 g/mol. The minimum Gasteiger partial charge on any atom is -0.337 e. The summed E-state index contributed by atoms with van der Waals surface area (Å²) in [5.74, 6) is 2.05. The number of aryl methyl sites for hydroxylation is 1. The molecule has 0 spiro atoms. The predicted octanol–water partition coefficient (Wildman–Crippen LogP) is 3.04. The van der Waals surface area contributed by atoms with Crippen LogP contribution < -0.4 is 5.32 Å². The second kappa shape index (κ2) is 5.67. The number of rotatable bonds is 3. The van der Waals surface area contributed by atoms with E-state index in [0.29, 0.717) is 12.1 Å². The highest BCUT2D eigenvalue weighted by Gasteiger charge is 2.19.